The normalized spacial score (nSPS) is 21.0. The van der Waals surface area contributed by atoms with Gasteiger partial charge >= 0.3 is 0 Å². The average molecular weight is 312 g/mol. The van der Waals surface area contributed by atoms with E-state index >= 15 is 0 Å². The molecule has 0 saturated carbocycles. The van der Waals surface area contributed by atoms with Crippen molar-refractivity contribution in [3.05, 3.63) is 29.3 Å². The highest BCUT2D eigenvalue weighted by atomic mass is 35.5. The predicted molar refractivity (Wildman–Crippen MR) is 84.5 cm³/mol. The van der Waals surface area contributed by atoms with Gasteiger partial charge in [0.2, 0.25) is 5.91 Å². The predicted octanol–water partition coefficient (Wildman–Crippen LogP) is 1.72. The Hall–Kier alpha value is -1.14. The number of halogens is 1. The van der Waals surface area contributed by atoms with E-state index in [1.807, 2.05) is 19.1 Å². The summed E-state index contributed by atoms with van der Waals surface area (Å²) < 4.78 is 5.60. The number of nitrogens with one attached hydrogen (secondary N) is 1. The van der Waals surface area contributed by atoms with E-state index in [1.54, 1.807) is 12.1 Å². The molecule has 0 bridgehead atoms. The molecule has 21 heavy (non-hydrogen) atoms. The summed E-state index contributed by atoms with van der Waals surface area (Å²) in [6.45, 7) is 4.94. The van der Waals surface area contributed by atoms with Crippen molar-refractivity contribution in [3.8, 4) is 0 Å². The van der Waals surface area contributed by atoms with Crippen LogP contribution < -0.4 is 11.1 Å². The average Bonchev–Trinajstić information content (AvgIpc) is 2.45. The molecule has 2 unspecified atom stereocenters. The SMILES string of the molecule is CC(N)C1CN(CCC(=O)Nc2cccc(Cl)c2)CCO1. The van der Waals surface area contributed by atoms with Crippen LogP contribution in [-0.4, -0.2) is 49.2 Å². The zero-order valence-electron chi connectivity index (χ0n) is 12.2. The molecule has 1 saturated heterocycles. The Labute approximate surface area is 130 Å². The Morgan fingerprint density at radius 1 is 1.62 bits per heavy atom. The first-order valence-corrected chi connectivity index (χ1v) is 7.57. The van der Waals surface area contributed by atoms with E-state index in [0.717, 1.165) is 18.8 Å². The van der Waals surface area contributed by atoms with Crippen LogP contribution in [0.15, 0.2) is 24.3 Å². The largest absolute Gasteiger partial charge is 0.374 e. The smallest absolute Gasteiger partial charge is 0.225 e. The highest BCUT2D eigenvalue weighted by Crippen LogP contribution is 2.15. The minimum atomic E-state index is -0.0129. The van der Waals surface area contributed by atoms with Crippen LogP contribution in [0.4, 0.5) is 5.69 Å². The molecule has 0 radical (unpaired) electrons. The second-order valence-electron chi connectivity index (χ2n) is 5.38. The number of morpholine rings is 1. The molecule has 1 aliphatic rings. The Bertz CT molecular complexity index is 482. The fraction of sp³-hybridized carbons (Fsp3) is 0.533. The van der Waals surface area contributed by atoms with E-state index in [0.29, 0.717) is 24.6 Å². The van der Waals surface area contributed by atoms with Crippen molar-refractivity contribution < 1.29 is 9.53 Å². The molecule has 1 aliphatic heterocycles. The number of rotatable bonds is 5. The molecule has 0 aliphatic carbocycles. The molecule has 116 valence electrons. The summed E-state index contributed by atoms with van der Waals surface area (Å²) in [5, 5.41) is 3.46. The lowest BCUT2D eigenvalue weighted by Crippen LogP contribution is -2.50. The molecule has 2 rings (SSSR count). The molecule has 2 atom stereocenters. The van der Waals surface area contributed by atoms with Crippen LogP contribution in [-0.2, 0) is 9.53 Å². The molecule has 1 amide bonds. The van der Waals surface area contributed by atoms with Crippen molar-refractivity contribution in [3.63, 3.8) is 0 Å². The fourth-order valence-electron chi connectivity index (χ4n) is 2.30. The summed E-state index contributed by atoms with van der Waals surface area (Å²) in [4.78, 5) is 14.2. The van der Waals surface area contributed by atoms with Gasteiger partial charge in [-0.3, -0.25) is 9.69 Å². The molecule has 1 aromatic rings. The van der Waals surface area contributed by atoms with Gasteiger partial charge in [-0.05, 0) is 25.1 Å². The highest BCUT2D eigenvalue weighted by Gasteiger charge is 2.23. The molecule has 5 nitrogen and oxygen atoms in total. The number of ether oxygens (including phenoxy) is 1. The minimum Gasteiger partial charge on any atom is -0.374 e. The van der Waals surface area contributed by atoms with Gasteiger partial charge in [0.1, 0.15) is 0 Å². The third-order valence-corrected chi connectivity index (χ3v) is 3.76. The van der Waals surface area contributed by atoms with Gasteiger partial charge in [0.15, 0.2) is 0 Å². The van der Waals surface area contributed by atoms with E-state index in [2.05, 4.69) is 10.2 Å². The van der Waals surface area contributed by atoms with E-state index in [4.69, 9.17) is 22.1 Å². The fourth-order valence-corrected chi connectivity index (χ4v) is 2.49. The number of carbonyl (C=O) groups is 1. The lowest BCUT2D eigenvalue weighted by Gasteiger charge is -2.34. The molecule has 3 N–H and O–H groups in total. The Morgan fingerprint density at radius 2 is 2.43 bits per heavy atom. The van der Waals surface area contributed by atoms with Gasteiger partial charge in [0.25, 0.3) is 0 Å². The minimum absolute atomic E-state index is 0.00749. The number of hydrogen-bond acceptors (Lipinski definition) is 4. The first-order valence-electron chi connectivity index (χ1n) is 7.19. The summed E-state index contributed by atoms with van der Waals surface area (Å²) in [7, 11) is 0. The van der Waals surface area contributed by atoms with Gasteiger partial charge in [-0.25, -0.2) is 0 Å². The van der Waals surface area contributed by atoms with Crippen molar-refractivity contribution in [2.24, 2.45) is 5.73 Å². The first kappa shape index (κ1) is 16.2. The lowest BCUT2D eigenvalue weighted by molar-refractivity contribution is -0.117. The summed E-state index contributed by atoms with van der Waals surface area (Å²) >= 11 is 5.89. The Kier molecular flexibility index (Phi) is 5.99. The standard InChI is InChI=1S/C15H22ClN3O2/c1-11(17)14-10-19(7-8-21-14)6-5-15(20)18-13-4-2-3-12(16)9-13/h2-4,9,11,14H,5-8,10,17H2,1H3,(H,18,20). The second-order valence-corrected chi connectivity index (χ2v) is 5.81. The van der Waals surface area contributed by atoms with Crippen LogP contribution in [0.1, 0.15) is 13.3 Å². The Morgan fingerprint density at radius 3 is 3.14 bits per heavy atom. The zero-order chi connectivity index (χ0) is 15.2. The van der Waals surface area contributed by atoms with Crippen molar-refractivity contribution in [1.82, 2.24) is 4.90 Å². The monoisotopic (exact) mass is 311 g/mol. The molecule has 0 aromatic heterocycles. The van der Waals surface area contributed by atoms with Crippen LogP contribution >= 0.6 is 11.6 Å². The van der Waals surface area contributed by atoms with Crippen molar-refractivity contribution >= 4 is 23.2 Å². The van der Waals surface area contributed by atoms with Crippen molar-refractivity contribution in [1.29, 1.82) is 0 Å². The summed E-state index contributed by atoms with van der Waals surface area (Å²) in [6.07, 6.45) is 0.493. The van der Waals surface area contributed by atoms with Gasteiger partial charge in [-0.2, -0.15) is 0 Å². The van der Waals surface area contributed by atoms with Gasteiger partial charge < -0.3 is 15.8 Å². The van der Waals surface area contributed by atoms with Crippen LogP contribution in [0.2, 0.25) is 5.02 Å². The van der Waals surface area contributed by atoms with Gasteiger partial charge in [0, 0.05) is 42.8 Å². The van der Waals surface area contributed by atoms with Gasteiger partial charge in [-0.15, -0.1) is 0 Å². The number of nitrogens with zero attached hydrogens (tertiary/aromatic N) is 1. The number of amides is 1. The van der Waals surface area contributed by atoms with Crippen LogP contribution in [0.5, 0.6) is 0 Å². The van der Waals surface area contributed by atoms with Crippen LogP contribution in [0, 0.1) is 0 Å². The third-order valence-electron chi connectivity index (χ3n) is 3.53. The topological polar surface area (TPSA) is 67.6 Å². The van der Waals surface area contributed by atoms with E-state index in [9.17, 15) is 4.79 Å². The van der Waals surface area contributed by atoms with E-state index in [-0.39, 0.29) is 18.1 Å². The third kappa shape index (κ3) is 5.28. The number of benzene rings is 1. The summed E-state index contributed by atoms with van der Waals surface area (Å²) in [5.41, 5.74) is 6.58. The molecule has 0 spiro atoms. The van der Waals surface area contributed by atoms with Gasteiger partial charge in [-0.1, -0.05) is 17.7 Å². The number of nitrogens with two attached hydrogens (primary N) is 1. The summed E-state index contributed by atoms with van der Waals surface area (Å²) in [6, 6.07) is 7.16. The maximum Gasteiger partial charge on any atom is 0.225 e. The maximum absolute atomic E-state index is 11.9. The Balaban J connectivity index is 1.76. The second kappa shape index (κ2) is 7.75. The molecule has 1 fully saturated rings. The number of hydrogen-bond donors (Lipinski definition) is 2. The first-order chi connectivity index (χ1) is 10.0. The van der Waals surface area contributed by atoms with E-state index < -0.39 is 0 Å². The van der Waals surface area contributed by atoms with Crippen molar-refractivity contribution in [2.75, 3.05) is 31.6 Å². The van der Waals surface area contributed by atoms with Crippen LogP contribution in [0.25, 0.3) is 0 Å². The summed E-state index contributed by atoms with van der Waals surface area (Å²) in [5.74, 6) is -0.0129. The van der Waals surface area contributed by atoms with Crippen LogP contribution in [0.3, 0.4) is 0 Å². The molecular formula is C15H22ClN3O2. The molecule has 1 aromatic carbocycles. The number of carbonyl (C=O) groups excluding carboxylic acids is 1. The lowest BCUT2D eigenvalue weighted by atomic mass is 10.1. The van der Waals surface area contributed by atoms with E-state index in [1.165, 1.54) is 0 Å². The highest BCUT2D eigenvalue weighted by molar-refractivity contribution is 6.30. The molecular weight excluding hydrogens is 290 g/mol. The number of anilines is 1. The van der Waals surface area contributed by atoms with Gasteiger partial charge in [0.05, 0.1) is 12.7 Å². The molecule has 1 heterocycles. The van der Waals surface area contributed by atoms with Crippen molar-refractivity contribution in [2.45, 2.75) is 25.5 Å². The zero-order valence-corrected chi connectivity index (χ0v) is 13.0. The maximum atomic E-state index is 11.9. The molecule has 6 heteroatoms. The quantitative estimate of drug-likeness (QED) is 0.869.